The Morgan fingerprint density at radius 2 is 1.90 bits per heavy atom. The number of benzene rings is 2. The summed E-state index contributed by atoms with van der Waals surface area (Å²) in [5, 5.41) is 2.87. The molecule has 3 nitrogen and oxygen atoms in total. The van der Waals surface area contributed by atoms with Crippen molar-refractivity contribution < 1.29 is 9.53 Å². The molecule has 0 saturated carbocycles. The molecule has 0 unspecified atom stereocenters. The van der Waals surface area contributed by atoms with Crippen molar-refractivity contribution in [2.75, 3.05) is 11.9 Å². The van der Waals surface area contributed by atoms with Crippen LogP contribution < -0.4 is 10.1 Å². The first-order chi connectivity index (χ1) is 10.1. The number of carbonyl (C=O) groups is 1. The SMILES string of the molecule is CCCOc1ccc(Br)cc1C(=O)Nc1cccc(Br)c1. The number of hydrogen-bond acceptors (Lipinski definition) is 2. The number of rotatable bonds is 5. The lowest BCUT2D eigenvalue weighted by molar-refractivity contribution is 0.102. The topological polar surface area (TPSA) is 38.3 Å². The summed E-state index contributed by atoms with van der Waals surface area (Å²) in [5.41, 5.74) is 1.24. The maximum Gasteiger partial charge on any atom is 0.259 e. The number of carbonyl (C=O) groups excluding carboxylic acids is 1. The average molecular weight is 413 g/mol. The van der Waals surface area contributed by atoms with Crippen molar-refractivity contribution in [2.24, 2.45) is 0 Å². The van der Waals surface area contributed by atoms with Crippen molar-refractivity contribution in [3.8, 4) is 5.75 Å². The van der Waals surface area contributed by atoms with Crippen LogP contribution in [-0.2, 0) is 0 Å². The minimum absolute atomic E-state index is 0.194. The number of amides is 1. The van der Waals surface area contributed by atoms with Gasteiger partial charge in [-0.1, -0.05) is 44.8 Å². The van der Waals surface area contributed by atoms with Crippen LogP contribution in [0.25, 0.3) is 0 Å². The van der Waals surface area contributed by atoms with E-state index in [0.717, 1.165) is 21.1 Å². The zero-order valence-corrected chi connectivity index (χ0v) is 14.7. The van der Waals surface area contributed by atoms with Gasteiger partial charge in [0, 0.05) is 14.6 Å². The van der Waals surface area contributed by atoms with Gasteiger partial charge >= 0.3 is 0 Å². The molecule has 2 aromatic rings. The number of ether oxygens (including phenoxy) is 1. The number of halogens is 2. The predicted molar refractivity (Wildman–Crippen MR) is 92.0 cm³/mol. The highest BCUT2D eigenvalue weighted by atomic mass is 79.9. The Labute approximate surface area is 141 Å². The van der Waals surface area contributed by atoms with Crippen LogP contribution in [0.1, 0.15) is 23.7 Å². The van der Waals surface area contributed by atoms with Crippen LogP contribution in [0.5, 0.6) is 5.75 Å². The standard InChI is InChI=1S/C16H15Br2NO2/c1-2-8-21-15-7-6-12(18)10-14(15)16(20)19-13-5-3-4-11(17)9-13/h3-7,9-10H,2,8H2,1H3,(H,19,20). The molecule has 0 fully saturated rings. The molecule has 0 aliphatic rings. The molecule has 0 saturated heterocycles. The minimum atomic E-state index is -0.194. The summed E-state index contributed by atoms with van der Waals surface area (Å²) < 4.78 is 7.39. The highest BCUT2D eigenvalue weighted by Crippen LogP contribution is 2.25. The van der Waals surface area contributed by atoms with Crippen molar-refractivity contribution in [1.29, 1.82) is 0 Å². The van der Waals surface area contributed by atoms with E-state index in [2.05, 4.69) is 37.2 Å². The Kier molecular flexibility index (Phi) is 5.82. The molecule has 0 aliphatic heterocycles. The first kappa shape index (κ1) is 16.0. The van der Waals surface area contributed by atoms with Crippen molar-refractivity contribution in [2.45, 2.75) is 13.3 Å². The fourth-order valence-electron chi connectivity index (χ4n) is 1.78. The van der Waals surface area contributed by atoms with E-state index in [1.807, 2.05) is 37.3 Å². The molecule has 21 heavy (non-hydrogen) atoms. The van der Waals surface area contributed by atoms with E-state index in [-0.39, 0.29) is 5.91 Å². The summed E-state index contributed by atoms with van der Waals surface area (Å²) in [7, 11) is 0. The third-order valence-electron chi connectivity index (χ3n) is 2.73. The molecule has 0 atom stereocenters. The molecule has 0 heterocycles. The summed E-state index contributed by atoms with van der Waals surface area (Å²) in [4.78, 5) is 12.4. The van der Waals surface area contributed by atoms with Crippen LogP contribution in [0.3, 0.4) is 0 Å². The second-order valence-electron chi connectivity index (χ2n) is 4.45. The van der Waals surface area contributed by atoms with Gasteiger partial charge in [0.1, 0.15) is 5.75 Å². The fourth-order valence-corrected chi connectivity index (χ4v) is 2.54. The molecule has 0 spiro atoms. The Hall–Kier alpha value is -1.33. The molecule has 2 aromatic carbocycles. The summed E-state index contributed by atoms with van der Waals surface area (Å²) in [6.45, 7) is 2.61. The van der Waals surface area contributed by atoms with Crippen LogP contribution in [-0.4, -0.2) is 12.5 Å². The van der Waals surface area contributed by atoms with Crippen molar-refractivity contribution in [1.82, 2.24) is 0 Å². The van der Waals surface area contributed by atoms with Gasteiger partial charge < -0.3 is 10.1 Å². The van der Waals surface area contributed by atoms with Gasteiger partial charge in [-0.2, -0.15) is 0 Å². The first-order valence-electron chi connectivity index (χ1n) is 6.59. The second kappa shape index (κ2) is 7.61. The van der Waals surface area contributed by atoms with Crippen molar-refractivity contribution >= 4 is 43.5 Å². The third-order valence-corrected chi connectivity index (χ3v) is 3.72. The Bertz CT molecular complexity index is 644. The maximum absolute atomic E-state index is 12.4. The van der Waals surface area contributed by atoms with E-state index in [9.17, 15) is 4.79 Å². The van der Waals surface area contributed by atoms with Gasteiger partial charge in [0.2, 0.25) is 0 Å². The zero-order chi connectivity index (χ0) is 15.2. The average Bonchev–Trinajstić information content (AvgIpc) is 2.46. The highest BCUT2D eigenvalue weighted by Gasteiger charge is 2.13. The molecular weight excluding hydrogens is 398 g/mol. The molecule has 2 rings (SSSR count). The van der Waals surface area contributed by atoms with Crippen LogP contribution in [0, 0.1) is 0 Å². The molecule has 110 valence electrons. The summed E-state index contributed by atoms with van der Waals surface area (Å²) >= 11 is 6.77. The Morgan fingerprint density at radius 1 is 1.14 bits per heavy atom. The molecule has 0 radical (unpaired) electrons. The van der Waals surface area contributed by atoms with E-state index >= 15 is 0 Å². The molecule has 0 bridgehead atoms. The summed E-state index contributed by atoms with van der Waals surface area (Å²) in [5.74, 6) is 0.396. The number of anilines is 1. The van der Waals surface area contributed by atoms with Gasteiger partial charge in [-0.15, -0.1) is 0 Å². The molecule has 1 amide bonds. The Balaban J connectivity index is 2.23. The monoisotopic (exact) mass is 411 g/mol. The number of nitrogens with one attached hydrogen (secondary N) is 1. The van der Waals surface area contributed by atoms with Gasteiger partial charge in [-0.3, -0.25) is 4.79 Å². The first-order valence-corrected chi connectivity index (χ1v) is 8.18. The quantitative estimate of drug-likeness (QED) is 0.727. The maximum atomic E-state index is 12.4. The molecule has 0 aromatic heterocycles. The van der Waals surface area contributed by atoms with Crippen molar-refractivity contribution in [3.05, 3.63) is 57.0 Å². The summed E-state index contributed by atoms with van der Waals surface area (Å²) in [6.07, 6.45) is 0.892. The van der Waals surface area contributed by atoms with E-state index in [4.69, 9.17) is 4.74 Å². The highest BCUT2D eigenvalue weighted by molar-refractivity contribution is 9.10. The second-order valence-corrected chi connectivity index (χ2v) is 6.28. The van der Waals surface area contributed by atoms with Crippen LogP contribution in [0.4, 0.5) is 5.69 Å². The number of hydrogen-bond donors (Lipinski definition) is 1. The molecule has 0 aliphatic carbocycles. The van der Waals surface area contributed by atoms with E-state index in [1.165, 1.54) is 0 Å². The van der Waals surface area contributed by atoms with E-state index in [1.54, 1.807) is 12.1 Å². The van der Waals surface area contributed by atoms with Crippen LogP contribution in [0.15, 0.2) is 51.4 Å². The Morgan fingerprint density at radius 3 is 2.62 bits per heavy atom. The van der Waals surface area contributed by atoms with Crippen LogP contribution in [0.2, 0.25) is 0 Å². The lowest BCUT2D eigenvalue weighted by Gasteiger charge is -2.12. The normalized spacial score (nSPS) is 10.2. The van der Waals surface area contributed by atoms with Crippen LogP contribution >= 0.6 is 31.9 Å². The van der Waals surface area contributed by atoms with E-state index in [0.29, 0.717) is 17.9 Å². The van der Waals surface area contributed by atoms with Gasteiger partial charge in [0.15, 0.2) is 0 Å². The lowest BCUT2D eigenvalue weighted by atomic mass is 10.2. The smallest absolute Gasteiger partial charge is 0.259 e. The van der Waals surface area contributed by atoms with Crippen molar-refractivity contribution in [3.63, 3.8) is 0 Å². The third kappa shape index (κ3) is 4.58. The lowest BCUT2D eigenvalue weighted by Crippen LogP contribution is -2.14. The zero-order valence-electron chi connectivity index (χ0n) is 11.5. The van der Waals surface area contributed by atoms with Gasteiger partial charge in [0.25, 0.3) is 5.91 Å². The minimum Gasteiger partial charge on any atom is -0.493 e. The van der Waals surface area contributed by atoms with Gasteiger partial charge in [0.05, 0.1) is 12.2 Å². The predicted octanol–water partition coefficient (Wildman–Crippen LogP) is 5.25. The largest absolute Gasteiger partial charge is 0.493 e. The molecule has 5 heteroatoms. The van der Waals surface area contributed by atoms with E-state index < -0.39 is 0 Å². The summed E-state index contributed by atoms with van der Waals surface area (Å²) in [6, 6.07) is 12.9. The molecular formula is C16H15Br2NO2. The fraction of sp³-hybridized carbons (Fsp3) is 0.188. The van der Waals surface area contributed by atoms with Gasteiger partial charge in [-0.25, -0.2) is 0 Å². The molecule has 1 N–H and O–H groups in total. The van der Waals surface area contributed by atoms with Gasteiger partial charge in [-0.05, 0) is 42.8 Å².